The van der Waals surface area contributed by atoms with Gasteiger partial charge in [-0.15, -0.1) is 0 Å². The van der Waals surface area contributed by atoms with E-state index in [4.69, 9.17) is 11.6 Å². The highest BCUT2D eigenvalue weighted by Gasteiger charge is 2.16. The molecular weight excluding hydrogens is 369 g/mol. The molecule has 0 amide bonds. The van der Waals surface area contributed by atoms with Crippen LogP contribution in [0.5, 0.6) is 0 Å². The van der Waals surface area contributed by atoms with E-state index in [0.717, 1.165) is 4.47 Å². The van der Waals surface area contributed by atoms with Crippen LogP contribution in [0.4, 0.5) is 8.78 Å². The average Bonchev–Trinajstić information content (AvgIpc) is 2.19. The van der Waals surface area contributed by atoms with Crippen LogP contribution < -0.4 is 0 Å². The van der Waals surface area contributed by atoms with Gasteiger partial charge in [-0.2, -0.15) is 0 Å². The number of alkyl halides is 2. The van der Waals surface area contributed by atoms with Crippen LogP contribution in [0, 0.1) is 0 Å². The summed E-state index contributed by atoms with van der Waals surface area (Å²) >= 11 is 12.3. The fraction of sp³-hybridized carbons (Fsp3) is 0.111. The summed E-state index contributed by atoms with van der Waals surface area (Å²) in [4.78, 5) is 7.31. The van der Waals surface area contributed by atoms with Gasteiger partial charge in [0, 0.05) is 14.3 Å². The molecule has 0 aliphatic carbocycles. The summed E-state index contributed by atoms with van der Waals surface area (Å²) in [5.74, 6) is -0.569. The predicted molar refractivity (Wildman–Crippen MR) is 64.9 cm³/mol. The topological polar surface area (TPSA) is 25.8 Å². The summed E-state index contributed by atoms with van der Waals surface area (Å²) in [6.45, 7) is 0. The van der Waals surface area contributed by atoms with Gasteiger partial charge >= 0.3 is 0 Å². The SMILES string of the molecule is FC(F)c1nc(Cl)c2cc(Br)cc(Br)c2n1. The highest BCUT2D eigenvalue weighted by atomic mass is 79.9. The Morgan fingerprint density at radius 3 is 2.50 bits per heavy atom. The summed E-state index contributed by atoms with van der Waals surface area (Å²) in [6.07, 6.45) is -2.74. The molecular formula is C9H3Br2ClF2N2. The average molecular weight is 372 g/mol. The van der Waals surface area contributed by atoms with E-state index in [9.17, 15) is 8.78 Å². The second-order valence-electron chi connectivity index (χ2n) is 2.96. The first-order valence-electron chi connectivity index (χ1n) is 4.09. The molecule has 0 atom stereocenters. The molecule has 0 unspecified atom stereocenters. The Kier molecular flexibility index (Phi) is 3.42. The van der Waals surface area contributed by atoms with Crippen LogP contribution in [-0.4, -0.2) is 9.97 Å². The first kappa shape index (κ1) is 12.1. The smallest absolute Gasteiger partial charge is 0.226 e. The van der Waals surface area contributed by atoms with E-state index < -0.39 is 12.2 Å². The Morgan fingerprint density at radius 1 is 1.19 bits per heavy atom. The van der Waals surface area contributed by atoms with Crippen molar-refractivity contribution in [2.75, 3.05) is 0 Å². The summed E-state index contributed by atoms with van der Waals surface area (Å²) in [6, 6.07) is 3.39. The van der Waals surface area contributed by atoms with E-state index in [2.05, 4.69) is 41.8 Å². The van der Waals surface area contributed by atoms with Crippen molar-refractivity contribution in [1.29, 1.82) is 0 Å². The number of rotatable bonds is 1. The largest absolute Gasteiger partial charge is 0.297 e. The van der Waals surface area contributed by atoms with Crippen molar-refractivity contribution in [2.45, 2.75) is 6.43 Å². The fourth-order valence-electron chi connectivity index (χ4n) is 1.23. The van der Waals surface area contributed by atoms with Crippen molar-refractivity contribution in [3.8, 4) is 0 Å². The molecule has 2 rings (SSSR count). The maximum Gasteiger partial charge on any atom is 0.297 e. The Balaban J connectivity index is 2.82. The summed E-state index contributed by atoms with van der Waals surface area (Å²) < 4.78 is 26.3. The summed E-state index contributed by atoms with van der Waals surface area (Å²) in [5.41, 5.74) is 0.374. The lowest BCUT2D eigenvalue weighted by molar-refractivity contribution is 0.141. The van der Waals surface area contributed by atoms with Crippen molar-refractivity contribution in [2.24, 2.45) is 0 Å². The summed E-state index contributed by atoms with van der Waals surface area (Å²) in [7, 11) is 0. The van der Waals surface area contributed by atoms with Crippen LogP contribution in [0.2, 0.25) is 5.15 Å². The molecule has 0 aliphatic rings. The van der Waals surface area contributed by atoms with Gasteiger partial charge in [0.25, 0.3) is 6.43 Å². The number of halogens is 5. The molecule has 2 nitrogen and oxygen atoms in total. The van der Waals surface area contributed by atoms with Crippen LogP contribution in [0.3, 0.4) is 0 Å². The minimum atomic E-state index is -2.74. The molecule has 0 saturated carbocycles. The third-order valence-electron chi connectivity index (χ3n) is 1.88. The highest BCUT2D eigenvalue weighted by molar-refractivity contribution is 9.11. The normalized spacial score (nSPS) is 11.4. The number of hydrogen-bond acceptors (Lipinski definition) is 2. The summed E-state index contributed by atoms with van der Waals surface area (Å²) in [5, 5.41) is 0.537. The van der Waals surface area contributed by atoms with Crippen molar-refractivity contribution < 1.29 is 8.78 Å². The monoisotopic (exact) mass is 370 g/mol. The first-order chi connectivity index (χ1) is 7.49. The molecule has 0 spiro atoms. The maximum atomic E-state index is 12.5. The molecule has 0 fully saturated rings. The molecule has 16 heavy (non-hydrogen) atoms. The second-order valence-corrected chi connectivity index (χ2v) is 5.09. The van der Waals surface area contributed by atoms with Gasteiger partial charge in [0.1, 0.15) is 5.15 Å². The van der Waals surface area contributed by atoms with Gasteiger partial charge in [0.2, 0.25) is 0 Å². The standard InChI is InChI=1S/C9H3Br2ClF2N2/c10-3-1-4-6(5(11)2-3)15-9(8(13)14)16-7(4)12/h1-2,8H. The number of aromatic nitrogens is 2. The third-order valence-corrected chi connectivity index (χ3v) is 3.24. The Labute approximate surface area is 111 Å². The van der Waals surface area contributed by atoms with Crippen LogP contribution in [-0.2, 0) is 0 Å². The van der Waals surface area contributed by atoms with E-state index in [0.29, 0.717) is 15.4 Å². The van der Waals surface area contributed by atoms with Crippen molar-refractivity contribution in [1.82, 2.24) is 9.97 Å². The first-order valence-corrected chi connectivity index (χ1v) is 6.06. The molecule has 0 bridgehead atoms. The molecule has 2 aromatic rings. The lowest BCUT2D eigenvalue weighted by atomic mass is 10.2. The number of hydrogen-bond donors (Lipinski definition) is 0. The van der Waals surface area contributed by atoms with Gasteiger partial charge in [0.15, 0.2) is 5.82 Å². The Bertz CT molecular complexity index is 563. The minimum Gasteiger partial charge on any atom is -0.226 e. The van der Waals surface area contributed by atoms with E-state index in [-0.39, 0.29) is 5.15 Å². The van der Waals surface area contributed by atoms with Crippen molar-refractivity contribution >= 4 is 54.4 Å². The molecule has 0 aliphatic heterocycles. The molecule has 0 saturated heterocycles. The van der Waals surface area contributed by atoms with Gasteiger partial charge in [-0.25, -0.2) is 18.7 Å². The van der Waals surface area contributed by atoms with Gasteiger partial charge in [-0.05, 0) is 28.1 Å². The number of fused-ring (bicyclic) bond motifs is 1. The molecule has 7 heteroatoms. The van der Waals surface area contributed by atoms with Crippen molar-refractivity contribution in [3.05, 3.63) is 32.1 Å². The zero-order valence-electron chi connectivity index (χ0n) is 7.52. The van der Waals surface area contributed by atoms with Crippen LogP contribution in [0.1, 0.15) is 12.2 Å². The quantitative estimate of drug-likeness (QED) is 0.676. The van der Waals surface area contributed by atoms with Crippen LogP contribution in [0.25, 0.3) is 10.9 Å². The lowest BCUT2D eigenvalue weighted by Gasteiger charge is -2.05. The van der Waals surface area contributed by atoms with Crippen LogP contribution in [0.15, 0.2) is 21.1 Å². The third kappa shape index (κ3) is 2.19. The maximum absolute atomic E-state index is 12.5. The van der Waals surface area contributed by atoms with Crippen LogP contribution >= 0.6 is 43.5 Å². The van der Waals surface area contributed by atoms with Gasteiger partial charge in [-0.3, -0.25) is 0 Å². The molecule has 1 aromatic heterocycles. The number of benzene rings is 1. The molecule has 0 N–H and O–H groups in total. The fourth-order valence-corrected chi connectivity index (χ4v) is 2.78. The van der Waals surface area contributed by atoms with E-state index in [1.165, 1.54) is 0 Å². The van der Waals surface area contributed by atoms with E-state index in [1.54, 1.807) is 12.1 Å². The predicted octanol–water partition coefficient (Wildman–Crippen LogP) is 4.75. The van der Waals surface area contributed by atoms with Gasteiger partial charge < -0.3 is 0 Å². The Hall–Kier alpha value is -0.330. The van der Waals surface area contributed by atoms with Gasteiger partial charge in [-0.1, -0.05) is 27.5 Å². The Morgan fingerprint density at radius 2 is 1.88 bits per heavy atom. The van der Waals surface area contributed by atoms with Gasteiger partial charge in [0.05, 0.1) is 5.52 Å². The zero-order chi connectivity index (χ0) is 11.9. The lowest BCUT2D eigenvalue weighted by Crippen LogP contribution is -1.97. The molecule has 84 valence electrons. The second kappa shape index (κ2) is 4.50. The number of nitrogens with zero attached hydrogens (tertiary/aromatic N) is 2. The van der Waals surface area contributed by atoms with E-state index >= 15 is 0 Å². The van der Waals surface area contributed by atoms with E-state index in [1.807, 2.05) is 0 Å². The molecule has 0 radical (unpaired) electrons. The van der Waals surface area contributed by atoms with Crippen molar-refractivity contribution in [3.63, 3.8) is 0 Å². The highest BCUT2D eigenvalue weighted by Crippen LogP contribution is 2.32. The molecule has 1 heterocycles. The minimum absolute atomic E-state index is 0.0160. The zero-order valence-corrected chi connectivity index (χ0v) is 11.4. The molecule has 1 aromatic carbocycles.